The third-order valence-electron chi connectivity index (χ3n) is 4.36. The van der Waals surface area contributed by atoms with E-state index in [0.29, 0.717) is 36.7 Å². The Morgan fingerprint density at radius 1 is 1.19 bits per heavy atom. The average molecular weight is 442 g/mol. The number of amides is 1. The molecule has 9 heteroatoms. The lowest BCUT2D eigenvalue weighted by molar-refractivity contribution is -0.384. The maximum Gasteiger partial charge on any atom is 0.272 e. The molecule has 0 spiro atoms. The standard InChI is InChI=1S/C22H23N3O5S/c1-3-29-15-14-24-21-18(30-4-2)6-5-7-19(21)31-22(24)23-20(26)13-10-16-8-11-17(12-9-16)25(27)28/h5-13H,3-4,14-15H2,1-2H3/b13-10+,23-22?. The molecule has 0 N–H and O–H groups in total. The third-order valence-corrected chi connectivity index (χ3v) is 5.40. The van der Waals surface area contributed by atoms with Crippen LogP contribution in [-0.2, 0) is 16.1 Å². The molecule has 2 aromatic carbocycles. The Hall–Kier alpha value is -3.30. The molecule has 1 aromatic heterocycles. The fourth-order valence-electron chi connectivity index (χ4n) is 2.97. The maximum atomic E-state index is 12.5. The first kappa shape index (κ1) is 22.4. The van der Waals surface area contributed by atoms with E-state index in [2.05, 4.69) is 4.99 Å². The predicted octanol–water partition coefficient (Wildman–Crippen LogP) is 4.19. The van der Waals surface area contributed by atoms with Gasteiger partial charge in [-0.05, 0) is 49.8 Å². The third kappa shape index (κ3) is 5.65. The van der Waals surface area contributed by atoms with Gasteiger partial charge in [0, 0.05) is 31.4 Å². The van der Waals surface area contributed by atoms with Crippen molar-refractivity contribution in [3.8, 4) is 5.75 Å². The number of nitro benzene ring substituents is 1. The van der Waals surface area contributed by atoms with Crippen molar-refractivity contribution in [3.63, 3.8) is 0 Å². The molecule has 3 aromatic rings. The van der Waals surface area contributed by atoms with E-state index < -0.39 is 10.8 Å². The number of ether oxygens (including phenoxy) is 2. The molecule has 0 unspecified atom stereocenters. The Morgan fingerprint density at radius 3 is 2.65 bits per heavy atom. The quantitative estimate of drug-likeness (QED) is 0.215. The van der Waals surface area contributed by atoms with E-state index in [9.17, 15) is 14.9 Å². The Bertz CT molecular complexity index is 1160. The molecule has 0 saturated heterocycles. The second kappa shape index (κ2) is 10.6. The van der Waals surface area contributed by atoms with E-state index in [-0.39, 0.29) is 5.69 Å². The maximum absolute atomic E-state index is 12.5. The highest BCUT2D eigenvalue weighted by Crippen LogP contribution is 2.27. The van der Waals surface area contributed by atoms with Gasteiger partial charge in [0.25, 0.3) is 11.6 Å². The predicted molar refractivity (Wildman–Crippen MR) is 120 cm³/mol. The molecule has 3 rings (SSSR count). The zero-order chi connectivity index (χ0) is 22.2. The number of thiazole rings is 1. The van der Waals surface area contributed by atoms with Crippen LogP contribution in [0.2, 0.25) is 0 Å². The van der Waals surface area contributed by atoms with Crippen molar-refractivity contribution in [3.05, 3.63) is 69.0 Å². The van der Waals surface area contributed by atoms with Crippen molar-refractivity contribution < 1.29 is 19.2 Å². The minimum atomic E-state index is -0.465. The number of hydrogen-bond acceptors (Lipinski definition) is 6. The van der Waals surface area contributed by atoms with Crippen molar-refractivity contribution in [1.82, 2.24) is 4.57 Å². The van der Waals surface area contributed by atoms with Gasteiger partial charge >= 0.3 is 0 Å². The van der Waals surface area contributed by atoms with Crippen LogP contribution in [0.3, 0.4) is 0 Å². The van der Waals surface area contributed by atoms with Gasteiger partial charge in [-0.2, -0.15) is 4.99 Å². The summed E-state index contributed by atoms with van der Waals surface area (Å²) < 4.78 is 14.2. The van der Waals surface area contributed by atoms with Crippen LogP contribution in [0.4, 0.5) is 5.69 Å². The largest absolute Gasteiger partial charge is 0.492 e. The van der Waals surface area contributed by atoms with Gasteiger partial charge in [0.1, 0.15) is 11.3 Å². The smallest absolute Gasteiger partial charge is 0.272 e. The number of non-ortho nitro benzene ring substituents is 1. The summed E-state index contributed by atoms with van der Waals surface area (Å²) in [4.78, 5) is 27.6. The van der Waals surface area contributed by atoms with Crippen LogP contribution in [0.25, 0.3) is 16.3 Å². The number of fused-ring (bicyclic) bond motifs is 1. The molecule has 0 bridgehead atoms. The number of rotatable bonds is 9. The Labute approximate surface area is 183 Å². The highest BCUT2D eigenvalue weighted by atomic mass is 32.1. The number of aromatic nitrogens is 1. The summed E-state index contributed by atoms with van der Waals surface area (Å²) in [5, 5.41) is 10.7. The monoisotopic (exact) mass is 441 g/mol. The molecule has 0 aliphatic rings. The Balaban J connectivity index is 1.93. The number of carbonyl (C=O) groups excluding carboxylic acids is 1. The zero-order valence-corrected chi connectivity index (χ0v) is 18.1. The molecular formula is C22H23N3O5S. The van der Waals surface area contributed by atoms with Crippen molar-refractivity contribution in [2.45, 2.75) is 20.4 Å². The van der Waals surface area contributed by atoms with E-state index in [1.165, 1.54) is 29.5 Å². The molecule has 31 heavy (non-hydrogen) atoms. The summed E-state index contributed by atoms with van der Waals surface area (Å²) in [6.45, 7) is 6.01. The second-order valence-corrected chi connectivity index (χ2v) is 7.41. The van der Waals surface area contributed by atoms with Crippen molar-refractivity contribution in [2.75, 3.05) is 19.8 Å². The molecule has 0 radical (unpaired) electrons. The number of carbonyl (C=O) groups is 1. The van der Waals surface area contributed by atoms with Crippen LogP contribution >= 0.6 is 11.3 Å². The van der Waals surface area contributed by atoms with Gasteiger partial charge in [-0.25, -0.2) is 0 Å². The summed E-state index contributed by atoms with van der Waals surface area (Å²) in [5.74, 6) is 0.316. The fraction of sp³-hybridized carbons (Fsp3) is 0.273. The molecule has 0 atom stereocenters. The summed E-state index contributed by atoms with van der Waals surface area (Å²) >= 11 is 1.41. The number of nitro groups is 1. The SMILES string of the molecule is CCOCCn1c(=NC(=O)/C=C/c2ccc([N+](=O)[O-])cc2)sc2cccc(OCC)c21. The molecule has 0 aliphatic heterocycles. The lowest BCUT2D eigenvalue weighted by atomic mass is 10.2. The minimum absolute atomic E-state index is 0.00104. The van der Waals surface area contributed by atoms with E-state index in [4.69, 9.17) is 9.47 Å². The number of benzene rings is 2. The molecule has 1 amide bonds. The Morgan fingerprint density at radius 2 is 1.97 bits per heavy atom. The van der Waals surface area contributed by atoms with Crippen LogP contribution in [-0.4, -0.2) is 35.2 Å². The molecule has 0 fully saturated rings. The van der Waals surface area contributed by atoms with Gasteiger partial charge in [-0.1, -0.05) is 17.4 Å². The first-order valence-electron chi connectivity index (χ1n) is 9.87. The van der Waals surface area contributed by atoms with Gasteiger partial charge in [-0.15, -0.1) is 0 Å². The molecule has 162 valence electrons. The van der Waals surface area contributed by atoms with Gasteiger partial charge in [-0.3, -0.25) is 14.9 Å². The van der Waals surface area contributed by atoms with Crippen molar-refractivity contribution in [2.24, 2.45) is 4.99 Å². The highest BCUT2D eigenvalue weighted by Gasteiger charge is 2.12. The zero-order valence-electron chi connectivity index (χ0n) is 17.3. The highest BCUT2D eigenvalue weighted by molar-refractivity contribution is 7.16. The summed E-state index contributed by atoms with van der Waals surface area (Å²) in [6, 6.07) is 11.7. The van der Waals surface area contributed by atoms with Gasteiger partial charge < -0.3 is 14.0 Å². The number of hydrogen-bond donors (Lipinski definition) is 0. The summed E-state index contributed by atoms with van der Waals surface area (Å²) in [6.07, 6.45) is 2.93. The van der Waals surface area contributed by atoms with Crippen LogP contribution in [0, 0.1) is 10.1 Å². The first-order valence-corrected chi connectivity index (χ1v) is 10.7. The van der Waals surface area contributed by atoms with Gasteiger partial charge in [0.05, 0.1) is 22.8 Å². The number of para-hydroxylation sites is 1. The summed E-state index contributed by atoms with van der Waals surface area (Å²) in [7, 11) is 0. The summed E-state index contributed by atoms with van der Waals surface area (Å²) in [5.41, 5.74) is 1.56. The van der Waals surface area contributed by atoms with Crippen LogP contribution in [0.15, 0.2) is 53.5 Å². The van der Waals surface area contributed by atoms with Gasteiger partial charge in [0.15, 0.2) is 4.80 Å². The first-order chi connectivity index (χ1) is 15.0. The van der Waals surface area contributed by atoms with E-state index >= 15 is 0 Å². The van der Waals surface area contributed by atoms with E-state index in [0.717, 1.165) is 16.0 Å². The van der Waals surface area contributed by atoms with Crippen LogP contribution in [0.5, 0.6) is 5.75 Å². The Kier molecular flexibility index (Phi) is 7.69. The molecule has 1 heterocycles. The molecule has 8 nitrogen and oxygen atoms in total. The molecule has 0 aliphatic carbocycles. The van der Waals surface area contributed by atoms with Crippen molar-refractivity contribution in [1.29, 1.82) is 0 Å². The normalized spacial score (nSPS) is 12.0. The molecular weight excluding hydrogens is 418 g/mol. The number of nitrogens with zero attached hydrogens (tertiary/aromatic N) is 3. The fourth-order valence-corrected chi connectivity index (χ4v) is 4.05. The minimum Gasteiger partial charge on any atom is -0.492 e. The van der Waals surface area contributed by atoms with Crippen LogP contribution in [0.1, 0.15) is 19.4 Å². The average Bonchev–Trinajstić information content (AvgIpc) is 3.11. The lowest BCUT2D eigenvalue weighted by Gasteiger charge is -2.09. The van der Waals surface area contributed by atoms with E-state index in [1.807, 2.05) is 36.6 Å². The molecule has 0 saturated carbocycles. The topological polar surface area (TPSA) is 96.0 Å². The second-order valence-electron chi connectivity index (χ2n) is 6.40. The lowest BCUT2D eigenvalue weighted by Crippen LogP contribution is -2.19. The van der Waals surface area contributed by atoms with Gasteiger partial charge in [0.2, 0.25) is 0 Å². The van der Waals surface area contributed by atoms with Crippen molar-refractivity contribution >= 4 is 39.2 Å². The van der Waals surface area contributed by atoms with E-state index in [1.54, 1.807) is 18.2 Å². The van der Waals surface area contributed by atoms with Crippen LogP contribution < -0.4 is 9.54 Å².